The summed E-state index contributed by atoms with van der Waals surface area (Å²) in [7, 11) is 1.66. The highest BCUT2D eigenvalue weighted by molar-refractivity contribution is 5.97. The minimum absolute atomic E-state index is 0.0820. The highest BCUT2D eigenvalue weighted by Crippen LogP contribution is 2.24. The molecule has 3 aromatic rings. The predicted molar refractivity (Wildman–Crippen MR) is 109 cm³/mol. The summed E-state index contributed by atoms with van der Waals surface area (Å²) >= 11 is 0. The molecular formula is C22H27N3O2. The molecular weight excluding hydrogens is 338 g/mol. The molecule has 0 unspecified atom stereocenters. The van der Waals surface area contributed by atoms with Gasteiger partial charge in [-0.1, -0.05) is 26.0 Å². The Kier molecular flexibility index (Phi) is 5.91. The topological polar surface area (TPSA) is 56.1 Å². The molecule has 0 atom stereocenters. The van der Waals surface area contributed by atoms with E-state index in [0.717, 1.165) is 29.0 Å². The normalized spacial score (nSPS) is 11.3. The molecule has 0 saturated carbocycles. The SMILES string of the molecule is COCCCNC(=O)c1ccc2c(c1)nc(C)n2-c1ccc(C(C)C)cc1. The standard InChI is InChI=1S/C22H27N3O2/c1-15(2)17-6-9-19(10-7-17)25-16(3)24-20-14-18(8-11-21(20)25)22(26)23-12-5-13-27-4/h6-11,14-15H,5,12-13H2,1-4H3,(H,23,26). The van der Waals surface area contributed by atoms with E-state index in [-0.39, 0.29) is 5.91 Å². The van der Waals surface area contributed by atoms with E-state index in [0.29, 0.717) is 24.6 Å². The van der Waals surface area contributed by atoms with Gasteiger partial charge in [-0.3, -0.25) is 9.36 Å². The molecule has 3 rings (SSSR count). The smallest absolute Gasteiger partial charge is 0.251 e. The van der Waals surface area contributed by atoms with Gasteiger partial charge < -0.3 is 10.1 Å². The Bertz CT molecular complexity index is 927. The van der Waals surface area contributed by atoms with Gasteiger partial charge in [0.2, 0.25) is 0 Å². The maximum atomic E-state index is 12.3. The maximum Gasteiger partial charge on any atom is 0.251 e. The minimum Gasteiger partial charge on any atom is -0.385 e. The molecule has 142 valence electrons. The monoisotopic (exact) mass is 365 g/mol. The van der Waals surface area contributed by atoms with Crippen molar-refractivity contribution in [2.75, 3.05) is 20.3 Å². The summed E-state index contributed by atoms with van der Waals surface area (Å²) in [5, 5.41) is 2.91. The second-order valence-electron chi connectivity index (χ2n) is 7.05. The summed E-state index contributed by atoms with van der Waals surface area (Å²) in [6.07, 6.45) is 0.796. The Labute approximate surface area is 160 Å². The number of nitrogens with one attached hydrogen (secondary N) is 1. The first-order valence-corrected chi connectivity index (χ1v) is 9.38. The molecule has 0 radical (unpaired) electrons. The van der Waals surface area contributed by atoms with Crippen LogP contribution in [0.5, 0.6) is 0 Å². The van der Waals surface area contributed by atoms with E-state index in [1.807, 2.05) is 25.1 Å². The molecule has 1 amide bonds. The van der Waals surface area contributed by atoms with E-state index in [9.17, 15) is 4.79 Å². The van der Waals surface area contributed by atoms with E-state index in [1.165, 1.54) is 5.56 Å². The van der Waals surface area contributed by atoms with Crippen molar-refractivity contribution in [1.29, 1.82) is 0 Å². The third kappa shape index (κ3) is 4.19. The quantitative estimate of drug-likeness (QED) is 0.638. The maximum absolute atomic E-state index is 12.3. The Morgan fingerprint density at radius 1 is 1.19 bits per heavy atom. The van der Waals surface area contributed by atoms with Crippen LogP contribution in [0.2, 0.25) is 0 Å². The lowest BCUT2D eigenvalue weighted by Gasteiger charge is -2.10. The highest BCUT2D eigenvalue weighted by atomic mass is 16.5. The molecule has 5 nitrogen and oxygen atoms in total. The van der Waals surface area contributed by atoms with Gasteiger partial charge in [0.25, 0.3) is 5.91 Å². The molecule has 1 N–H and O–H groups in total. The first kappa shape index (κ1) is 19.1. The highest BCUT2D eigenvalue weighted by Gasteiger charge is 2.13. The molecule has 2 aromatic carbocycles. The van der Waals surface area contributed by atoms with Crippen LogP contribution in [-0.4, -0.2) is 35.7 Å². The van der Waals surface area contributed by atoms with E-state index in [4.69, 9.17) is 4.74 Å². The number of aromatic nitrogens is 2. The second kappa shape index (κ2) is 8.35. The lowest BCUT2D eigenvalue weighted by Crippen LogP contribution is -2.25. The van der Waals surface area contributed by atoms with Crippen LogP contribution in [-0.2, 0) is 4.74 Å². The third-order valence-electron chi connectivity index (χ3n) is 4.71. The first-order chi connectivity index (χ1) is 13.0. The Morgan fingerprint density at radius 2 is 1.93 bits per heavy atom. The number of methoxy groups -OCH3 is 1. The van der Waals surface area contributed by atoms with Gasteiger partial charge in [-0.15, -0.1) is 0 Å². The zero-order chi connectivity index (χ0) is 19.4. The number of benzene rings is 2. The van der Waals surface area contributed by atoms with Crippen LogP contribution in [0, 0.1) is 6.92 Å². The molecule has 5 heteroatoms. The number of rotatable bonds is 7. The summed E-state index contributed by atoms with van der Waals surface area (Å²) in [6, 6.07) is 14.2. The Hall–Kier alpha value is -2.66. The van der Waals surface area contributed by atoms with Crippen molar-refractivity contribution in [3.8, 4) is 5.69 Å². The molecule has 0 aliphatic rings. The number of carbonyl (C=O) groups excluding carboxylic acids is 1. The molecule has 0 aliphatic carbocycles. The van der Waals surface area contributed by atoms with Gasteiger partial charge in [-0.25, -0.2) is 4.98 Å². The zero-order valence-corrected chi connectivity index (χ0v) is 16.5. The van der Waals surface area contributed by atoms with Crippen LogP contribution in [0.3, 0.4) is 0 Å². The number of fused-ring (bicyclic) bond motifs is 1. The third-order valence-corrected chi connectivity index (χ3v) is 4.71. The van der Waals surface area contributed by atoms with Crippen LogP contribution in [0.15, 0.2) is 42.5 Å². The molecule has 1 aromatic heterocycles. The zero-order valence-electron chi connectivity index (χ0n) is 16.5. The number of aryl methyl sites for hydroxylation is 1. The van der Waals surface area contributed by atoms with Crippen molar-refractivity contribution in [2.45, 2.75) is 33.1 Å². The summed E-state index contributed by atoms with van der Waals surface area (Å²) in [5.41, 5.74) is 4.84. The van der Waals surface area contributed by atoms with E-state index in [1.54, 1.807) is 7.11 Å². The van der Waals surface area contributed by atoms with Crippen molar-refractivity contribution in [3.63, 3.8) is 0 Å². The number of carbonyl (C=O) groups is 1. The summed E-state index contributed by atoms with van der Waals surface area (Å²) in [6.45, 7) is 7.60. The van der Waals surface area contributed by atoms with E-state index >= 15 is 0 Å². The number of ether oxygens (including phenoxy) is 1. The van der Waals surface area contributed by atoms with Crippen LogP contribution in [0.1, 0.15) is 47.9 Å². The molecule has 1 heterocycles. The fourth-order valence-electron chi connectivity index (χ4n) is 3.20. The van der Waals surface area contributed by atoms with Crippen LogP contribution >= 0.6 is 0 Å². The van der Waals surface area contributed by atoms with Gasteiger partial charge in [0.15, 0.2) is 0 Å². The van der Waals surface area contributed by atoms with Gasteiger partial charge in [0, 0.05) is 31.5 Å². The molecule has 0 bridgehead atoms. The van der Waals surface area contributed by atoms with Gasteiger partial charge >= 0.3 is 0 Å². The fraction of sp³-hybridized carbons (Fsp3) is 0.364. The molecule has 0 fully saturated rings. The summed E-state index contributed by atoms with van der Waals surface area (Å²) < 4.78 is 7.13. The fourth-order valence-corrected chi connectivity index (χ4v) is 3.20. The van der Waals surface area contributed by atoms with Crippen molar-refractivity contribution in [3.05, 3.63) is 59.4 Å². The van der Waals surface area contributed by atoms with Crippen LogP contribution < -0.4 is 5.32 Å². The van der Waals surface area contributed by atoms with Crippen molar-refractivity contribution < 1.29 is 9.53 Å². The number of imidazole rings is 1. The van der Waals surface area contributed by atoms with Gasteiger partial charge in [-0.2, -0.15) is 0 Å². The lowest BCUT2D eigenvalue weighted by molar-refractivity contribution is 0.0948. The van der Waals surface area contributed by atoms with Gasteiger partial charge in [-0.05, 0) is 55.2 Å². The molecule has 0 aliphatic heterocycles. The number of amides is 1. The first-order valence-electron chi connectivity index (χ1n) is 9.38. The van der Waals surface area contributed by atoms with Gasteiger partial charge in [0.1, 0.15) is 5.82 Å². The average molecular weight is 365 g/mol. The van der Waals surface area contributed by atoms with Crippen molar-refractivity contribution >= 4 is 16.9 Å². The van der Waals surface area contributed by atoms with Crippen molar-refractivity contribution in [1.82, 2.24) is 14.9 Å². The average Bonchev–Trinajstić information content (AvgIpc) is 3.00. The number of hydrogen-bond donors (Lipinski definition) is 1. The lowest BCUT2D eigenvalue weighted by atomic mass is 10.0. The summed E-state index contributed by atoms with van der Waals surface area (Å²) in [5.74, 6) is 1.33. The van der Waals surface area contributed by atoms with E-state index < -0.39 is 0 Å². The number of nitrogens with zero attached hydrogens (tertiary/aromatic N) is 2. The Morgan fingerprint density at radius 3 is 2.59 bits per heavy atom. The summed E-state index contributed by atoms with van der Waals surface area (Å²) in [4.78, 5) is 17.0. The second-order valence-corrected chi connectivity index (χ2v) is 7.05. The predicted octanol–water partition coefficient (Wildman–Crippen LogP) is 4.22. The molecule has 27 heavy (non-hydrogen) atoms. The molecule has 0 saturated heterocycles. The van der Waals surface area contributed by atoms with Crippen molar-refractivity contribution in [2.24, 2.45) is 0 Å². The van der Waals surface area contributed by atoms with Crippen LogP contribution in [0.4, 0.5) is 0 Å². The molecule has 0 spiro atoms. The van der Waals surface area contributed by atoms with Crippen LogP contribution in [0.25, 0.3) is 16.7 Å². The largest absolute Gasteiger partial charge is 0.385 e. The van der Waals surface area contributed by atoms with E-state index in [2.05, 4.69) is 53.0 Å². The minimum atomic E-state index is -0.0820. The Balaban J connectivity index is 1.86. The number of hydrogen-bond acceptors (Lipinski definition) is 3. The van der Waals surface area contributed by atoms with Gasteiger partial charge in [0.05, 0.1) is 11.0 Å².